The summed E-state index contributed by atoms with van der Waals surface area (Å²) in [5.74, 6) is -0.336. The highest BCUT2D eigenvalue weighted by Crippen LogP contribution is 2.42. The number of carbonyl (C=O) groups is 1. The Balaban J connectivity index is 1.84. The fourth-order valence-corrected chi connectivity index (χ4v) is 4.60. The van der Waals surface area contributed by atoms with Crippen LogP contribution in [0.3, 0.4) is 0 Å². The van der Waals surface area contributed by atoms with Crippen molar-refractivity contribution < 1.29 is 14.3 Å². The molecule has 0 aliphatic carbocycles. The quantitative estimate of drug-likeness (QED) is 0.360. The normalized spacial score (nSPS) is 15.6. The summed E-state index contributed by atoms with van der Waals surface area (Å²) in [5.41, 5.74) is 1.56. The number of fused-ring (bicyclic) bond motifs is 2. The Morgan fingerprint density at radius 2 is 1.67 bits per heavy atom. The zero-order valence-corrected chi connectivity index (χ0v) is 18.5. The first-order valence-electron chi connectivity index (χ1n) is 9.08. The Hall–Kier alpha value is -2.90. The van der Waals surface area contributed by atoms with Crippen LogP contribution < -0.4 is 10.3 Å². The number of hydrogen-bond donors (Lipinski definition) is 1. The minimum absolute atomic E-state index is 0.0168. The lowest BCUT2D eigenvalue weighted by Gasteiger charge is -2.25. The Kier molecular flexibility index (Phi) is 4.52. The number of phenols is 1. The minimum atomic E-state index is -0.728. The van der Waals surface area contributed by atoms with Gasteiger partial charge in [0.25, 0.3) is 5.91 Å². The van der Waals surface area contributed by atoms with Crippen molar-refractivity contribution in [2.45, 2.75) is 6.04 Å². The van der Waals surface area contributed by atoms with Crippen LogP contribution in [0, 0.1) is 0 Å². The standard InChI is InChI=1S/C23H13Br2NO4/c24-13-4-2-5-15(10-13)26-20(12-3-1-6-16(27)9-12)19-21(28)17-11-14(25)7-8-18(17)30-22(19)23(26)29/h1-11,20,27H. The molecule has 1 N–H and O–H groups in total. The van der Waals surface area contributed by atoms with Crippen molar-refractivity contribution in [3.63, 3.8) is 0 Å². The van der Waals surface area contributed by atoms with E-state index >= 15 is 0 Å². The van der Waals surface area contributed by atoms with Gasteiger partial charge in [0.05, 0.1) is 17.0 Å². The van der Waals surface area contributed by atoms with E-state index in [1.54, 1.807) is 54.6 Å². The zero-order chi connectivity index (χ0) is 21.0. The average molecular weight is 527 g/mol. The van der Waals surface area contributed by atoms with Gasteiger partial charge >= 0.3 is 0 Å². The van der Waals surface area contributed by atoms with Crippen LogP contribution in [-0.4, -0.2) is 11.0 Å². The van der Waals surface area contributed by atoms with Crippen molar-refractivity contribution in [2.75, 3.05) is 4.90 Å². The van der Waals surface area contributed by atoms with Crippen LogP contribution in [0.15, 0.2) is 84.9 Å². The molecule has 1 atom stereocenters. The second kappa shape index (κ2) is 7.11. The van der Waals surface area contributed by atoms with Crippen molar-refractivity contribution >= 4 is 54.4 Å². The van der Waals surface area contributed by atoms with Gasteiger partial charge in [-0.1, -0.05) is 50.1 Å². The SMILES string of the molecule is O=C1c2oc3ccc(Br)cc3c(=O)c2C(c2cccc(O)c2)N1c1cccc(Br)c1. The highest BCUT2D eigenvalue weighted by Gasteiger charge is 2.43. The molecule has 7 heteroatoms. The summed E-state index contributed by atoms with van der Waals surface area (Å²) in [6.45, 7) is 0. The molecule has 1 aliphatic heterocycles. The van der Waals surface area contributed by atoms with Gasteiger partial charge in [-0.05, 0) is 54.1 Å². The summed E-state index contributed by atoms with van der Waals surface area (Å²) in [6.07, 6.45) is 0. The Labute approximate surface area is 187 Å². The molecule has 5 rings (SSSR count). The number of anilines is 1. The fourth-order valence-electron chi connectivity index (χ4n) is 3.85. The molecule has 0 fully saturated rings. The molecule has 2 heterocycles. The third-order valence-electron chi connectivity index (χ3n) is 5.10. The van der Waals surface area contributed by atoms with Crippen LogP contribution in [0.2, 0.25) is 0 Å². The molecule has 1 aromatic heterocycles. The van der Waals surface area contributed by atoms with Gasteiger partial charge in [-0.25, -0.2) is 0 Å². The average Bonchev–Trinajstić information content (AvgIpc) is 3.01. The number of hydrogen-bond acceptors (Lipinski definition) is 4. The van der Waals surface area contributed by atoms with E-state index in [0.717, 1.165) is 8.95 Å². The fraction of sp³-hybridized carbons (Fsp3) is 0.0435. The van der Waals surface area contributed by atoms with E-state index < -0.39 is 11.9 Å². The number of rotatable bonds is 2. The van der Waals surface area contributed by atoms with Crippen LogP contribution in [0.5, 0.6) is 5.75 Å². The van der Waals surface area contributed by atoms with Crippen molar-refractivity contribution in [3.8, 4) is 5.75 Å². The smallest absolute Gasteiger partial charge is 0.295 e. The van der Waals surface area contributed by atoms with Gasteiger partial charge in [0.1, 0.15) is 11.3 Å². The molecule has 0 saturated heterocycles. The lowest BCUT2D eigenvalue weighted by Crippen LogP contribution is -2.29. The van der Waals surface area contributed by atoms with Gasteiger partial charge in [0, 0.05) is 14.6 Å². The van der Waals surface area contributed by atoms with Gasteiger partial charge in [-0.15, -0.1) is 0 Å². The third kappa shape index (κ3) is 2.97. The maximum atomic E-state index is 13.5. The van der Waals surface area contributed by atoms with Crippen LogP contribution in [0.4, 0.5) is 5.69 Å². The maximum Gasteiger partial charge on any atom is 0.295 e. The van der Waals surface area contributed by atoms with E-state index in [2.05, 4.69) is 31.9 Å². The molecule has 3 aromatic carbocycles. The van der Waals surface area contributed by atoms with Gasteiger partial charge < -0.3 is 9.52 Å². The zero-order valence-electron chi connectivity index (χ0n) is 15.3. The largest absolute Gasteiger partial charge is 0.508 e. The topological polar surface area (TPSA) is 70.8 Å². The first kappa shape index (κ1) is 19.1. The maximum absolute atomic E-state index is 13.5. The predicted molar refractivity (Wildman–Crippen MR) is 121 cm³/mol. The number of amides is 1. The van der Waals surface area contributed by atoms with E-state index in [9.17, 15) is 14.7 Å². The number of benzene rings is 3. The monoisotopic (exact) mass is 525 g/mol. The van der Waals surface area contributed by atoms with Crippen molar-refractivity contribution in [2.24, 2.45) is 0 Å². The first-order chi connectivity index (χ1) is 14.4. The summed E-state index contributed by atoms with van der Waals surface area (Å²) >= 11 is 6.83. The Morgan fingerprint density at radius 1 is 0.900 bits per heavy atom. The molecule has 0 spiro atoms. The number of halogens is 2. The summed E-state index contributed by atoms with van der Waals surface area (Å²) in [4.78, 5) is 28.5. The summed E-state index contributed by atoms with van der Waals surface area (Å²) < 4.78 is 7.47. The lowest BCUT2D eigenvalue weighted by molar-refractivity contribution is 0.0971. The second-order valence-electron chi connectivity index (χ2n) is 6.97. The van der Waals surface area contributed by atoms with Crippen LogP contribution >= 0.6 is 31.9 Å². The lowest BCUT2D eigenvalue weighted by atomic mass is 9.98. The van der Waals surface area contributed by atoms with Crippen LogP contribution in [-0.2, 0) is 0 Å². The summed E-state index contributed by atoms with van der Waals surface area (Å²) in [5, 5.41) is 10.4. The molecule has 30 heavy (non-hydrogen) atoms. The minimum Gasteiger partial charge on any atom is -0.508 e. The number of aromatic hydroxyl groups is 1. The molecular formula is C23H13Br2NO4. The van der Waals surface area contributed by atoms with Crippen molar-refractivity contribution in [1.29, 1.82) is 0 Å². The number of nitrogens with zero attached hydrogens (tertiary/aromatic N) is 1. The molecule has 0 saturated carbocycles. The van der Waals surface area contributed by atoms with E-state index in [4.69, 9.17) is 4.42 Å². The first-order valence-corrected chi connectivity index (χ1v) is 10.7. The molecule has 0 bridgehead atoms. The predicted octanol–water partition coefficient (Wildman–Crippen LogP) is 5.77. The summed E-state index contributed by atoms with van der Waals surface area (Å²) in [7, 11) is 0. The van der Waals surface area contributed by atoms with Crippen LogP contribution in [0.1, 0.15) is 27.7 Å². The van der Waals surface area contributed by atoms with Crippen molar-refractivity contribution in [1.82, 2.24) is 0 Å². The highest BCUT2D eigenvalue weighted by molar-refractivity contribution is 9.10. The molecule has 5 nitrogen and oxygen atoms in total. The van der Waals surface area contributed by atoms with E-state index in [0.29, 0.717) is 22.2 Å². The van der Waals surface area contributed by atoms with E-state index in [1.807, 2.05) is 12.1 Å². The Morgan fingerprint density at radius 3 is 2.43 bits per heavy atom. The van der Waals surface area contributed by atoms with E-state index in [1.165, 1.54) is 4.90 Å². The Bertz CT molecular complexity index is 1400. The molecule has 0 radical (unpaired) electrons. The van der Waals surface area contributed by atoms with E-state index in [-0.39, 0.29) is 22.5 Å². The van der Waals surface area contributed by atoms with Gasteiger partial charge in [0.15, 0.2) is 5.43 Å². The summed E-state index contributed by atoms with van der Waals surface area (Å²) in [6, 6.07) is 18.2. The number of phenolic OH excluding ortho intramolecular Hbond substituents is 1. The van der Waals surface area contributed by atoms with Gasteiger partial charge in [-0.3, -0.25) is 14.5 Å². The third-order valence-corrected chi connectivity index (χ3v) is 6.09. The second-order valence-corrected chi connectivity index (χ2v) is 8.80. The molecule has 1 aliphatic rings. The molecule has 1 amide bonds. The van der Waals surface area contributed by atoms with Crippen LogP contribution in [0.25, 0.3) is 11.0 Å². The molecule has 1 unspecified atom stereocenters. The highest BCUT2D eigenvalue weighted by atomic mass is 79.9. The number of carbonyl (C=O) groups excluding carboxylic acids is 1. The molecule has 4 aromatic rings. The molecular weight excluding hydrogens is 514 g/mol. The van der Waals surface area contributed by atoms with Gasteiger partial charge in [0.2, 0.25) is 5.76 Å². The van der Waals surface area contributed by atoms with Crippen molar-refractivity contribution in [3.05, 3.63) is 103 Å². The van der Waals surface area contributed by atoms with Gasteiger partial charge in [-0.2, -0.15) is 0 Å². The molecule has 148 valence electrons.